The van der Waals surface area contributed by atoms with Crippen LogP contribution in [0.2, 0.25) is 0 Å². The Morgan fingerprint density at radius 2 is 2.16 bits per heavy atom. The fraction of sp³-hybridized carbons (Fsp3) is 0.333. The molecule has 25 heavy (non-hydrogen) atoms. The van der Waals surface area contributed by atoms with Crippen LogP contribution in [0, 0.1) is 0 Å². The van der Waals surface area contributed by atoms with Gasteiger partial charge in [0, 0.05) is 38.5 Å². The van der Waals surface area contributed by atoms with Gasteiger partial charge in [-0.3, -0.25) is 14.9 Å². The van der Waals surface area contributed by atoms with Gasteiger partial charge >= 0.3 is 0 Å². The molecule has 0 radical (unpaired) electrons. The fourth-order valence-electron chi connectivity index (χ4n) is 2.76. The highest BCUT2D eigenvalue weighted by Gasteiger charge is 2.25. The summed E-state index contributed by atoms with van der Waals surface area (Å²) in [7, 11) is 3.41. The van der Waals surface area contributed by atoms with Crippen molar-refractivity contribution in [3.63, 3.8) is 0 Å². The summed E-state index contributed by atoms with van der Waals surface area (Å²) in [6.45, 7) is 8.19. The number of allylic oxidation sites excluding steroid dienone is 2. The lowest BCUT2D eigenvalue weighted by molar-refractivity contribution is -0.124. The molecule has 0 fully saturated rings. The average Bonchev–Trinajstić information content (AvgIpc) is 2.99. The van der Waals surface area contributed by atoms with Crippen LogP contribution in [0.4, 0.5) is 5.82 Å². The molecular weight excluding hydrogens is 316 g/mol. The Morgan fingerprint density at radius 1 is 1.40 bits per heavy atom. The van der Waals surface area contributed by atoms with Gasteiger partial charge in [0.1, 0.15) is 11.5 Å². The van der Waals surface area contributed by atoms with Gasteiger partial charge in [-0.15, -0.1) is 0 Å². The summed E-state index contributed by atoms with van der Waals surface area (Å²) < 4.78 is 0. The van der Waals surface area contributed by atoms with Crippen LogP contribution in [0.3, 0.4) is 0 Å². The standard InChI is InChI=1S/C18H22N6O/c1-10(2)21-17-15-13(6-7-19-17)22-23-16(15)12-8-14(18(25)24(4)5)20-9-11(12)3/h6-10,12H,3H2,1-2,4-5H3,(H,19,21)(H,22,23). The smallest absolute Gasteiger partial charge is 0.271 e. The molecular formula is C18H22N6O. The quantitative estimate of drug-likeness (QED) is 0.897. The summed E-state index contributed by atoms with van der Waals surface area (Å²) in [5.74, 6) is 0.412. The first-order valence-corrected chi connectivity index (χ1v) is 8.14. The lowest BCUT2D eigenvalue weighted by Gasteiger charge is -2.20. The van der Waals surface area contributed by atoms with E-state index >= 15 is 0 Å². The average molecular weight is 338 g/mol. The number of H-pyrrole nitrogens is 1. The number of carbonyl (C=O) groups is 1. The minimum Gasteiger partial charge on any atom is -0.367 e. The number of nitrogens with zero attached hydrogens (tertiary/aromatic N) is 4. The number of pyridine rings is 1. The van der Waals surface area contributed by atoms with E-state index < -0.39 is 0 Å². The SMILES string of the molecule is C=C1C=NC(C(=O)N(C)C)=CC1c1[nH]nc2ccnc(NC(C)C)c12. The van der Waals surface area contributed by atoms with Crippen LogP contribution >= 0.6 is 0 Å². The van der Waals surface area contributed by atoms with Gasteiger partial charge in [-0.25, -0.2) is 4.98 Å². The van der Waals surface area contributed by atoms with Crippen LogP contribution < -0.4 is 5.32 Å². The first-order chi connectivity index (χ1) is 11.9. The Hall–Kier alpha value is -2.96. The minimum atomic E-state index is -0.210. The number of aliphatic imine (C=N–C) groups is 1. The van der Waals surface area contributed by atoms with Crippen molar-refractivity contribution < 1.29 is 4.79 Å². The minimum absolute atomic E-state index is 0.142. The molecule has 0 aromatic carbocycles. The number of anilines is 1. The lowest BCUT2D eigenvalue weighted by atomic mass is 9.92. The molecule has 0 bridgehead atoms. The molecule has 0 saturated heterocycles. The van der Waals surface area contributed by atoms with Crippen LogP contribution in [-0.4, -0.2) is 52.3 Å². The van der Waals surface area contributed by atoms with Gasteiger partial charge in [0.15, 0.2) is 0 Å². The second kappa shape index (κ2) is 6.51. The van der Waals surface area contributed by atoms with Crippen molar-refractivity contribution >= 4 is 28.8 Å². The predicted molar refractivity (Wildman–Crippen MR) is 99.8 cm³/mol. The van der Waals surface area contributed by atoms with Gasteiger partial charge in [-0.05, 0) is 31.6 Å². The Bertz CT molecular complexity index is 890. The van der Waals surface area contributed by atoms with Crippen molar-refractivity contribution in [1.29, 1.82) is 0 Å². The van der Waals surface area contributed by atoms with Crippen molar-refractivity contribution in [2.75, 3.05) is 19.4 Å². The summed E-state index contributed by atoms with van der Waals surface area (Å²) in [6, 6.07) is 2.09. The molecule has 1 amide bonds. The Morgan fingerprint density at radius 3 is 2.84 bits per heavy atom. The summed E-state index contributed by atoms with van der Waals surface area (Å²) in [4.78, 5) is 22.4. The molecule has 130 valence electrons. The van der Waals surface area contributed by atoms with Gasteiger partial charge in [-0.1, -0.05) is 6.58 Å². The summed E-state index contributed by atoms with van der Waals surface area (Å²) in [5, 5.41) is 11.7. The highest BCUT2D eigenvalue weighted by Crippen LogP contribution is 2.35. The third-order valence-corrected chi connectivity index (χ3v) is 3.95. The molecule has 0 aliphatic carbocycles. The number of amides is 1. The van der Waals surface area contributed by atoms with Gasteiger partial charge in [-0.2, -0.15) is 5.10 Å². The zero-order valence-electron chi connectivity index (χ0n) is 14.9. The second-order valence-corrected chi connectivity index (χ2v) is 6.55. The topological polar surface area (TPSA) is 86.3 Å². The largest absolute Gasteiger partial charge is 0.367 e. The Kier molecular flexibility index (Phi) is 4.39. The highest BCUT2D eigenvalue weighted by atomic mass is 16.2. The molecule has 3 rings (SSSR count). The van der Waals surface area contributed by atoms with E-state index in [0.717, 1.165) is 28.0 Å². The van der Waals surface area contributed by atoms with Gasteiger partial charge in [0.25, 0.3) is 5.91 Å². The molecule has 3 heterocycles. The number of nitrogens with one attached hydrogen (secondary N) is 2. The van der Waals surface area contributed by atoms with E-state index in [2.05, 4.69) is 45.9 Å². The normalized spacial score (nSPS) is 17.1. The molecule has 2 N–H and O–H groups in total. The van der Waals surface area contributed by atoms with Crippen LogP contribution in [0.5, 0.6) is 0 Å². The number of hydrogen-bond acceptors (Lipinski definition) is 5. The molecule has 2 aromatic rings. The molecule has 0 saturated carbocycles. The van der Waals surface area contributed by atoms with E-state index in [1.54, 1.807) is 26.5 Å². The van der Waals surface area contributed by atoms with E-state index in [1.807, 2.05) is 12.1 Å². The van der Waals surface area contributed by atoms with Gasteiger partial charge in [0.2, 0.25) is 0 Å². The van der Waals surface area contributed by atoms with Crippen molar-refractivity contribution in [3.05, 3.63) is 41.9 Å². The van der Waals surface area contributed by atoms with E-state index in [9.17, 15) is 4.79 Å². The monoisotopic (exact) mass is 338 g/mol. The Balaban J connectivity index is 2.10. The number of rotatable bonds is 4. The number of hydrogen-bond donors (Lipinski definition) is 2. The molecule has 1 unspecified atom stereocenters. The fourth-order valence-corrected chi connectivity index (χ4v) is 2.76. The third-order valence-electron chi connectivity index (χ3n) is 3.95. The van der Waals surface area contributed by atoms with Gasteiger partial charge in [0.05, 0.1) is 16.6 Å². The summed E-state index contributed by atoms with van der Waals surface area (Å²) >= 11 is 0. The van der Waals surface area contributed by atoms with Crippen LogP contribution in [0.15, 0.2) is 41.2 Å². The highest BCUT2D eigenvalue weighted by molar-refractivity contribution is 5.99. The van der Waals surface area contributed by atoms with Crippen molar-refractivity contribution in [3.8, 4) is 0 Å². The molecule has 1 aliphatic rings. The van der Waals surface area contributed by atoms with Crippen molar-refractivity contribution in [2.24, 2.45) is 4.99 Å². The molecule has 1 atom stereocenters. The maximum atomic E-state index is 12.3. The molecule has 7 nitrogen and oxygen atoms in total. The number of likely N-dealkylation sites (N-methyl/N-ethyl adjacent to an activating group) is 1. The van der Waals surface area contributed by atoms with E-state index in [4.69, 9.17) is 0 Å². The number of carbonyl (C=O) groups excluding carboxylic acids is 1. The number of aromatic nitrogens is 3. The van der Waals surface area contributed by atoms with E-state index in [1.165, 1.54) is 4.90 Å². The first kappa shape index (κ1) is 16.9. The zero-order chi connectivity index (χ0) is 18.1. The van der Waals surface area contributed by atoms with Gasteiger partial charge < -0.3 is 10.2 Å². The summed E-state index contributed by atoms with van der Waals surface area (Å²) in [5.41, 5.74) is 2.86. The van der Waals surface area contributed by atoms with Crippen LogP contribution in [-0.2, 0) is 4.79 Å². The predicted octanol–water partition coefficient (Wildman–Crippen LogP) is 2.47. The lowest BCUT2D eigenvalue weighted by Crippen LogP contribution is -2.24. The first-order valence-electron chi connectivity index (χ1n) is 8.14. The van der Waals surface area contributed by atoms with E-state index in [-0.39, 0.29) is 17.9 Å². The van der Waals surface area contributed by atoms with Crippen molar-refractivity contribution in [1.82, 2.24) is 20.1 Å². The molecule has 0 spiro atoms. The number of fused-ring (bicyclic) bond motifs is 1. The maximum Gasteiger partial charge on any atom is 0.271 e. The maximum absolute atomic E-state index is 12.3. The molecule has 1 aliphatic heterocycles. The van der Waals surface area contributed by atoms with Crippen molar-refractivity contribution in [2.45, 2.75) is 25.8 Å². The van der Waals surface area contributed by atoms with Crippen LogP contribution in [0.25, 0.3) is 10.9 Å². The molecule has 7 heteroatoms. The Labute approximate surface area is 146 Å². The zero-order valence-corrected chi connectivity index (χ0v) is 14.9. The van der Waals surface area contributed by atoms with E-state index in [0.29, 0.717) is 5.70 Å². The number of aromatic amines is 1. The summed E-state index contributed by atoms with van der Waals surface area (Å²) in [6.07, 6.45) is 5.19. The second-order valence-electron chi connectivity index (χ2n) is 6.55. The third kappa shape index (κ3) is 3.17. The van der Waals surface area contributed by atoms with Crippen LogP contribution in [0.1, 0.15) is 25.5 Å². The molecule has 2 aromatic heterocycles.